The molecule has 0 amide bonds. The summed E-state index contributed by atoms with van der Waals surface area (Å²) < 4.78 is 0.985. The van der Waals surface area contributed by atoms with Crippen LogP contribution in [0, 0.1) is 0 Å². The molecule has 2 nitrogen and oxygen atoms in total. The second-order valence-corrected chi connectivity index (χ2v) is 4.39. The van der Waals surface area contributed by atoms with Gasteiger partial charge in [-0.2, -0.15) is 0 Å². The van der Waals surface area contributed by atoms with Crippen LogP contribution in [-0.4, -0.2) is 11.1 Å². The molecular weight excluding hydrogens is 242 g/mol. The van der Waals surface area contributed by atoms with Crippen LogP contribution in [0.2, 0.25) is 0 Å². The van der Waals surface area contributed by atoms with Gasteiger partial charge in [0.2, 0.25) is 0 Å². The van der Waals surface area contributed by atoms with Crippen LogP contribution < -0.4 is 5.73 Å². The van der Waals surface area contributed by atoms with Crippen molar-refractivity contribution >= 4 is 15.9 Å². The molecule has 0 saturated carbocycles. The Morgan fingerprint density at radius 2 is 2.21 bits per heavy atom. The molecule has 2 atom stereocenters. The molecule has 0 aromatic heterocycles. The van der Waals surface area contributed by atoms with Crippen LogP contribution in [0.4, 0.5) is 0 Å². The minimum Gasteiger partial charge on any atom is -0.388 e. The predicted octanol–water partition coefficient (Wildman–Crippen LogP) is 2.61. The summed E-state index contributed by atoms with van der Waals surface area (Å²) in [4.78, 5) is 0. The number of nitrogens with two attached hydrogens (primary N) is 1. The number of aliphatic hydroxyl groups is 1. The van der Waals surface area contributed by atoms with Crippen molar-refractivity contribution in [3.8, 4) is 0 Å². The maximum absolute atomic E-state index is 9.85. The second-order valence-electron chi connectivity index (χ2n) is 3.47. The van der Waals surface area contributed by atoms with E-state index in [-0.39, 0.29) is 6.04 Å². The highest BCUT2D eigenvalue weighted by Gasteiger charge is 2.11. The molecule has 0 aliphatic heterocycles. The lowest BCUT2D eigenvalue weighted by atomic mass is 10.0. The molecule has 0 aliphatic carbocycles. The van der Waals surface area contributed by atoms with E-state index in [1.54, 1.807) is 0 Å². The molecule has 1 aromatic rings. The molecule has 0 radical (unpaired) electrons. The highest BCUT2D eigenvalue weighted by atomic mass is 79.9. The maximum Gasteiger partial charge on any atom is 0.0805 e. The fourth-order valence-electron chi connectivity index (χ4n) is 1.30. The predicted molar refractivity (Wildman–Crippen MR) is 62.0 cm³/mol. The van der Waals surface area contributed by atoms with Gasteiger partial charge in [-0.3, -0.25) is 0 Å². The van der Waals surface area contributed by atoms with Crippen LogP contribution in [0.25, 0.3) is 0 Å². The van der Waals surface area contributed by atoms with Crippen molar-refractivity contribution in [2.24, 2.45) is 5.73 Å². The monoisotopic (exact) mass is 257 g/mol. The van der Waals surface area contributed by atoms with Gasteiger partial charge >= 0.3 is 0 Å². The van der Waals surface area contributed by atoms with Crippen LogP contribution >= 0.6 is 15.9 Å². The van der Waals surface area contributed by atoms with E-state index in [2.05, 4.69) is 15.9 Å². The van der Waals surface area contributed by atoms with Gasteiger partial charge < -0.3 is 10.8 Å². The highest BCUT2D eigenvalue weighted by Crippen LogP contribution is 2.21. The SMILES string of the molecule is CCC(N)CC(O)c1cccc(Br)c1. The van der Waals surface area contributed by atoms with E-state index in [1.807, 2.05) is 31.2 Å². The molecule has 3 N–H and O–H groups in total. The normalized spacial score (nSPS) is 15.1. The Balaban J connectivity index is 2.64. The van der Waals surface area contributed by atoms with E-state index in [4.69, 9.17) is 5.73 Å². The smallest absolute Gasteiger partial charge is 0.0805 e. The molecule has 0 bridgehead atoms. The minimum atomic E-state index is -0.456. The van der Waals surface area contributed by atoms with E-state index >= 15 is 0 Å². The summed E-state index contributed by atoms with van der Waals surface area (Å²) in [5.41, 5.74) is 6.70. The average Bonchev–Trinajstić information content (AvgIpc) is 2.17. The van der Waals surface area contributed by atoms with E-state index in [1.165, 1.54) is 0 Å². The number of hydrogen-bond donors (Lipinski definition) is 2. The molecule has 0 spiro atoms. The fourth-order valence-corrected chi connectivity index (χ4v) is 1.72. The van der Waals surface area contributed by atoms with E-state index in [9.17, 15) is 5.11 Å². The number of rotatable bonds is 4. The minimum absolute atomic E-state index is 0.0731. The summed E-state index contributed by atoms with van der Waals surface area (Å²) in [6.07, 6.45) is 1.06. The Kier molecular flexibility index (Phi) is 4.58. The van der Waals surface area contributed by atoms with E-state index in [0.717, 1.165) is 16.5 Å². The van der Waals surface area contributed by atoms with Crippen molar-refractivity contribution in [2.45, 2.75) is 31.9 Å². The van der Waals surface area contributed by atoms with Crippen molar-refractivity contribution in [2.75, 3.05) is 0 Å². The van der Waals surface area contributed by atoms with Crippen LogP contribution in [0.5, 0.6) is 0 Å². The van der Waals surface area contributed by atoms with E-state index < -0.39 is 6.10 Å². The third-order valence-electron chi connectivity index (χ3n) is 2.28. The van der Waals surface area contributed by atoms with Crippen molar-refractivity contribution < 1.29 is 5.11 Å². The molecule has 1 rings (SSSR count). The van der Waals surface area contributed by atoms with Crippen LogP contribution in [0.3, 0.4) is 0 Å². The molecule has 0 fully saturated rings. The van der Waals surface area contributed by atoms with Gasteiger partial charge in [0, 0.05) is 10.5 Å². The van der Waals surface area contributed by atoms with Crippen LogP contribution in [0.1, 0.15) is 31.4 Å². The Labute approximate surface area is 93.3 Å². The summed E-state index contributed by atoms with van der Waals surface area (Å²) in [7, 11) is 0. The first-order chi connectivity index (χ1) is 6.63. The van der Waals surface area contributed by atoms with Crippen molar-refractivity contribution in [1.29, 1.82) is 0 Å². The van der Waals surface area contributed by atoms with Gasteiger partial charge in [-0.25, -0.2) is 0 Å². The molecule has 0 heterocycles. The molecular formula is C11H16BrNO. The molecule has 2 unspecified atom stereocenters. The number of hydrogen-bond acceptors (Lipinski definition) is 2. The lowest BCUT2D eigenvalue weighted by Gasteiger charge is -2.15. The third-order valence-corrected chi connectivity index (χ3v) is 2.78. The first kappa shape index (κ1) is 11.7. The highest BCUT2D eigenvalue weighted by molar-refractivity contribution is 9.10. The molecule has 1 aromatic carbocycles. The standard InChI is InChI=1S/C11H16BrNO/c1-2-10(13)7-11(14)8-4-3-5-9(12)6-8/h3-6,10-11,14H,2,7,13H2,1H3. The maximum atomic E-state index is 9.85. The second kappa shape index (κ2) is 5.49. The average molecular weight is 258 g/mol. The van der Waals surface area contributed by atoms with Gasteiger partial charge in [-0.05, 0) is 30.5 Å². The molecule has 3 heteroatoms. The quantitative estimate of drug-likeness (QED) is 0.872. The summed E-state index contributed by atoms with van der Waals surface area (Å²) in [5.74, 6) is 0. The first-order valence-electron chi connectivity index (χ1n) is 4.82. The third kappa shape index (κ3) is 3.40. The van der Waals surface area contributed by atoms with Crippen molar-refractivity contribution in [3.63, 3.8) is 0 Å². The Hall–Kier alpha value is -0.380. The fraction of sp³-hybridized carbons (Fsp3) is 0.455. The zero-order valence-electron chi connectivity index (χ0n) is 8.28. The summed E-state index contributed by atoms with van der Waals surface area (Å²) in [5, 5.41) is 9.85. The Morgan fingerprint density at radius 1 is 1.50 bits per heavy atom. The lowest BCUT2D eigenvalue weighted by Crippen LogP contribution is -2.21. The van der Waals surface area contributed by atoms with Crippen LogP contribution in [-0.2, 0) is 0 Å². The van der Waals surface area contributed by atoms with Crippen molar-refractivity contribution in [3.05, 3.63) is 34.3 Å². The van der Waals surface area contributed by atoms with Gasteiger partial charge in [0.05, 0.1) is 6.10 Å². The Morgan fingerprint density at radius 3 is 2.79 bits per heavy atom. The largest absolute Gasteiger partial charge is 0.388 e. The van der Waals surface area contributed by atoms with E-state index in [0.29, 0.717) is 6.42 Å². The number of benzene rings is 1. The number of aliphatic hydroxyl groups excluding tert-OH is 1. The zero-order chi connectivity index (χ0) is 10.6. The molecule has 78 valence electrons. The lowest BCUT2D eigenvalue weighted by molar-refractivity contribution is 0.157. The van der Waals surface area contributed by atoms with Gasteiger partial charge in [-0.15, -0.1) is 0 Å². The molecule has 0 aliphatic rings. The molecule has 0 saturated heterocycles. The van der Waals surface area contributed by atoms with Crippen molar-refractivity contribution in [1.82, 2.24) is 0 Å². The molecule has 14 heavy (non-hydrogen) atoms. The van der Waals surface area contributed by atoms with Gasteiger partial charge in [0.15, 0.2) is 0 Å². The number of halogens is 1. The van der Waals surface area contributed by atoms with Crippen LogP contribution in [0.15, 0.2) is 28.7 Å². The zero-order valence-corrected chi connectivity index (χ0v) is 9.87. The summed E-state index contributed by atoms with van der Waals surface area (Å²) in [6, 6.07) is 7.77. The topological polar surface area (TPSA) is 46.2 Å². The first-order valence-corrected chi connectivity index (χ1v) is 5.62. The summed E-state index contributed by atoms with van der Waals surface area (Å²) in [6.45, 7) is 2.03. The summed E-state index contributed by atoms with van der Waals surface area (Å²) >= 11 is 3.37. The Bertz CT molecular complexity index is 290. The van der Waals surface area contributed by atoms with Gasteiger partial charge in [0.1, 0.15) is 0 Å². The van der Waals surface area contributed by atoms with Gasteiger partial charge in [0.25, 0.3) is 0 Å². The van der Waals surface area contributed by atoms with Gasteiger partial charge in [-0.1, -0.05) is 35.0 Å².